The molecule has 0 saturated carbocycles. The standard InChI is InChI=1S/C13H26N2OS/c1-13(2,3)11-12(16)15-8-6-14(7-9-15)5-4-10-17/h17H,4-11H2,1-3H3. The molecule has 0 aromatic carbocycles. The first kappa shape index (κ1) is 14.8. The summed E-state index contributed by atoms with van der Waals surface area (Å²) in [6.45, 7) is 11.3. The highest BCUT2D eigenvalue weighted by Gasteiger charge is 2.24. The molecular weight excluding hydrogens is 232 g/mol. The van der Waals surface area contributed by atoms with Gasteiger partial charge in [-0.3, -0.25) is 9.69 Å². The first-order valence-corrected chi connectivity index (χ1v) is 7.16. The van der Waals surface area contributed by atoms with Crippen LogP contribution < -0.4 is 0 Å². The van der Waals surface area contributed by atoms with E-state index in [0.717, 1.165) is 44.9 Å². The minimum absolute atomic E-state index is 0.0975. The Morgan fingerprint density at radius 1 is 1.18 bits per heavy atom. The van der Waals surface area contributed by atoms with Gasteiger partial charge < -0.3 is 4.90 Å². The summed E-state index contributed by atoms with van der Waals surface area (Å²) in [5.74, 6) is 1.26. The van der Waals surface area contributed by atoms with Gasteiger partial charge in [-0.25, -0.2) is 0 Å². The van der Waals surface area contributed by atoms with Crippen LogP contribution in [-0.4, -0.2) is 54.2 Å². The molecule has 0 bridgehead atoms. The first-order chi connectivity index (χ1) is 7.92. The molecule has 0 unspecified atom stereocenters. The van der Waals surface area contributed by atoms with Crippen molar-refractivity contribution < 1.29 is 4.79 Å². The Balaban J connectivity index is 2.29. The maximum atomic E-state index is 12.0. The lowest BCUT2D eigenvalue weighted by atomic mass is 9.91. The predicted octanol–water partition coefficient (Wildman–Crippen LogP) is 1.89. The number of nitrogens with zero attached hydrogens (tertiary/aromatic N) is 2. The van der Waals surface area contributed by atoms with Crippen molar-refractivity contribution in [2.24, 2.45) is 5.41 Å². The van der Waals surface area contributed by atoms with Crippen molar-refractivity contribution in [1.29, 1.82) is 0 Å². The quantitative estimate of drug-likeness (QED) is 0.779. The predicted molar refractivity (Wildman–Crippen MR) is 75.6 cm³/mol. The van der Waals surface area contributed by atoms with Crippen molar-refractivity contribution in [3.8, 4) is 0 Å². The van der Waals surface area contributed by atoms with E-state index in [9.17, 15) is 4.79 Å². The third kappa shape index (κ3) is 5.77. The average molecular weight is 258 g/mol. The molecule has 0 atom stereocenters. The highest BCUT2D eigenvalue weighted by Crippen LogP contribution is 2.20. The Kier molecular flexibility index (Phi) is 5.80. The van der Waals surface area contributed by atoms with Crippen LogP contribution >= 0.6 is 12.6 Å². The van der Waals surface area contributed by atoms with E-state index in [4.69, 9.17) is 0 Å². The molecule has 1 saturated heterocycles. The number of rotatable bonds is 4. The zero-order valence-electron chi connectivity index (χ0n) is 11.4. The molecule has 3 nitrogen and oxygen atoms in total. The molecule has 4 heteroatoms. The molecule has 1 rings (SSSR count). The summed E-state index contributed by atoms with van der Waals surface area (Å²) in [5, 5.41) is 0. The van der Waals surface area contributed by atoms with E-state index in [1.807, 2.05) is 4.90 Å². The van der Waals surface area contributed by atoms with Crippen LogP contribution in [0.15, 0.2) is 0 Å². The Hall–Kier alpha value is -0.220. The van der Waals surface area contributed by atoms with E-state index in [-0.39, 0.29) is 5.41 Å². The number of thiol groups is 1. The van der Waals surface area contributed by atoms with Crippen molar-refractivity contribution in [2.75, 3.05) is 38.5 Å². The SMILES string of the molecule is CC(C)(C)CC(=O)N1CCN(CCCS)CC1. The lowest BCUT2D eigenvalue weighted by Gasteiger charge is -2.35. The summed E-state index contributed by atoms with van der Waals surface area (Å²) in [7, 11) is 0. The van der Waals surface area contributed by atoms with E-state index in [2.05, 4.69) is 38.3 Å². The van der Waals surface area contributed by atoms with E-state index >= 15 is 0 Å². The molecule has 0 aromatic heterocycles. The van der Waals surface area contributed by atoms with Gasteiger partial charge in [-0.1, -0.05) is 20.8 Å². The van der Waals surface area contributed by atoms with Crippen LogP contribution in [0, 0.1) is 5.41 Å². The second kappa shape index (κ2) is 6.64. The molecule has 1 aliphatic rings. The smallest absolute Gasteiger partial charge is 0.223 e. The van der Waals surface area contributed by atoms with E-state index < -0.39 is 0 Å². The fourth-order valence-corrected chi connectivity index (χ4v) is 2.22. The summed E-state index contributed by atoms with van der Waals surface area (Å²) in [5.41, 5.74) is 0.0975. The van der Waals surface area contributed by atoms with Crippen LogP contribution in [0.3, 0.4) is 0 Å². The van der Waals surface area contributed by atoms with Gasteiger partial charge in [-0.05, 0) is 24.1 Å². The Bertz CT molecular complexity index is 242. The van der Waals surface area contributed by atoms with Crippen LogP contribution in [0.25, 0.3) is 0 Å². The highest BCUT2D eigenvalue weighted by atomic mass is 32.1. The minimum atomic E-state index is 0.0975. The van der Waals surface area contributed by atoms with Crippen molar-refractivity contribution in [3.05, 3.63) is 0 Å². The molecule has 0 N–H and O–H groups in total. The number of hydrogen-bond acceptors (Lipinski definition) is 3. The van der Waals surface area contributed by atoms with Crippen molar-refractivity contribution in [3.63, 3.8) is 0 Å². The Morgan fingerprint density at radius 2 is 1.76 bits per heavy atom. The summed E-state index contributed by atoms with van der Waals surface area (Å²) < 4.78 is 0. The number of amides is 1. The van der Waals surface area contributed by atoms with E-state index in [1.54, 1.807) is 0 Å². The monoisotopic (exact) mass is 258 g/mol. The fraction of sp³-hybridized carbons (Fsp3) is 0.923. The van der Waals surface area contributed by atoms with Crippen LogP contribution in [0.1, 0.15) is 33.6 Å². The van der Waals surface area contributed by atoms with Crippen LogP contribution in [0.4, 0.5) is 0 Å². The molecule has 1 amide bonds. The van der Waals surface area contributed by atoms with Crippen molar-refractivity contribution >= 4 is 18.5 Å². The molecule has 0 radical (unpaired) electrons. The van der Waals surface area contributed by atoms with Gasteiger partial charge in [-0.15, -0.1) is 0 Å². The molecule has 17 heavy (non-hydrogen) atoms. The maximum absolute atomic E-state index is 12.0. The van der Waals surface area contributed by atoms with Gasteiger partial charge in [0.05, 0.1) is 0 Å². The number of carbonyl (C=O) groups excluding carboxylic acids is 1. The van der Waals surface area contributed by atoms with Gasteiger partial charge in [0.2, 0.25) is 5.91 Å². The van der Waals surface area contributed by atoms with E-state index in [0.29, 0.717) is 12.3 Å². The normalized spacial score (nSPS) is 18.5. The maximum Gasteiger partial charge on any atom is 0.223 e. The zero-order chi connectivity index (χ0) is 12.9. The van der Waals surface area contributed by atoms with Gasteiger partial charge >= 0.3 is 0 Å². The molecular formula is C13H26N2OS. The van der Waals surface area contributed by atoms with E-state index in [1.165, 1.54) is 0 Å². The topological polar surface area (TPSA) is 23.6 Å². The lowest BCUT2D eigenvalue weighted by molar-refractivity contribution is -0.134. The second-order valence-electron chi connectivity index (χ2n) is 6.04. The first-order valence-electron chi connectivity index (χ1n) is 6.53. The zero-order valence-corrected chi connectivity index (χ0v) is 12.3. The van der Waals surface area contributed by atoms with Crippen molar-refractivity contribution in [1.82, 2.24) is 9.80 Å². The van der Waals surface area contributed by atoms with Gasteiger partial charge in [0.15, 0.2) is 0 Å². The number of hydrogen-bond donors (Lipinski definition) is 1. The summed E-state index contributed by atoms with van der Waals surface area (Å²) in [6.07, 6.45) is 1.79. The molecule has 0 aliphatic carbocycles. The molecule has 1 heterocycles. The van der Waals surface area contributed by atoms with Crippen LogP contribution in [0.2, 0.25) is 0 Å². The summed E-state index contributed by atoms with van der Waals surface area (Å²) in [6, 6.07) is 0. The molecule has 0 spiro atoms. The lowest BCUT2D eigenvalue weighted by Crippen LogP contribution is -2.49. The second-order valence-corrected chi connectivity index (χ2v) is 6.48. The van der Waals surface area contributed by atoms with Gasteiger partial charge in [-0.2, -0.15) is 12.6 Å². The fourth-order valence-electron chi connectivity index (χ4n) is 2.08. The van der Waals surface area contributed by atoms with Crippen LogP contribution in [0.5, 0.6) is 0 Å². The van der Waals surface area contributed by atoms with Gasteiger partial charge in [0, 0.05) is 32.6 Å². The highest BCUT2D eigenvalue weighted by molar-refractivity contribution is 7.80. The third-order valence-electron chi connectivity index (χ3n) is 3.04. The molecule has 100 valence electrons. The third-order valence-corrected chi connectivity index (χ3v) is 3.36. The molecule has 0 aromatic rings. The van der Waals surface area contributed by atoms with Crippen LogP contribution in [-0.2, 0) is 4.79 Å². The minimum Gasteiger partial charge on any atom is -0.340 e. The number of piperazine rings is 1. The summed E-state index contributed by atoms with van der Waals surface area (Å²) >= 11 is 4.23. The average Bonchev–Trinajstić information content (AvgIpc) is 2.24. The Morgan fingerprint density at radius 3 is 2.24 bits per heavy atom. The molecule has 1 fully saturated rings. The number of carbonyl (C=O) groups is 1. The molecule has 1 aliphatic heterocycles. The van der Waals surface area contributed by atoms with Gasteiger partial charge in [0.25, 0.3) is 0 Å². The Labute approximate surface area is 111 Å². The summed E-state index contributed by atoms with van der Waals surface area (Å²) in [4.78, 5) is 16.5. The van der Waals surface area contributed by atoms with Gasteiger partial charge in [0.1, 0.15) is 0 Å². The van der Waals surface area contributed by atoms with Crippen molar-refractivity contribution in [2.45, 2.75) is 33.6 Å². The largest absolute Gasteiger partial charge is 0.340 e.